The second kappa shape index (κ2) is 4.60. The molecule has 1 heterocycles. The van der Waals surface area contributed by atoms with Gasteiger partial charge in [-0.1, -0.05) is 0 Å². The van der Waals surface area contributed by atoms with Gasteiger partial charge in [0.25, 0.3) is 0 Å². The molecular weight excluding hydrogens is 217 g/mol. The Balaban J connectivity index is 2.12. The SMILES string of the molecule is CC(C)(C)OC(=O)NCCC1(F)CSC1. The molecule has 0 atom stereocenters. The Morgan fingerprint density at radius 2 is 2.13 bits per heavy atom. The minimum Gasteiger partial charge on any atom is -0.444 e. The summed E-state index contributed by atoms with van der Waals surface area (Å²) >= 11 is 1.59. The summed E-state index contributed by atoms with van der Waals surface area (Å²) in [5.41, 5.74) is -1.57. The van der Waals surface area contributed by atoms with Crippen LogP contribution < -0.4 is 5.32 Å². The molecule has 1 fully saturated rings. The van der Waals surface area contributed by atoms with Gasteiger partial charge >= 0.3 is 6.09 Å². The van der Waals surface area contributed by atoms with E-state index in [-0.39, 0.29) is 0 Å². The summed E-state index contributed by atoms with van der Waals surface area (Å²) in [5.74, 6) is 1.09. The van der Waals surface area contributed by atoms with Gasteiger partial charge in [0, 0.05) is 24.5 Å². The number of hydrogen-bond acceptors (Lipinski definition) is 3. The maximum atomic E-state index is 13.5. The number of ether oxygens (including phenoxy) is 1. The zero-order chi connectivity index (χ0) is 11.5. The Labute approximate surface area is 94.1 Å². The summed E-state index contributed by atoms with van der Waals surface area (Å²) in [7, 11) is 0. The quantitative estimate of drug-likeness (QED) is 0.816. The molecule has 0 unspecified atom stereocenters. The Kier molecular flexibility index (Phi) is 3.87. The molecule has 15 heavy (non-hydrogen) atoms. The first kappa shape index (κ1) is 12.6. The summed E-state index contributed by atoms with van der Waals surface area (Å²) in [5, 5.41) is 2.55. The number of carbonyl (C=O) groups is 1. The van der Waals surface area contributed by atoms with Crippen LogP contribution in [0.2, 0.25) is 0 Å². The Bertz CT molecular complexity index is 236. The highest BCUT2D eigenvalue weighted by molar-refractivity contribution is 8.00. The molecule has 1 N–H and O–H groups in total. The lowest BCUT2D eigenvalue weighted by molar-refractivity contribution is 0.0519. The lowest BCUT2D eigenvalue weighted by Crippen LogP contribution is -2.42. The average Bonchev–Trinajstić information content (AvgIpc) is 1.97. The van der Waals surface area contributed by atoms with Gasteiger partial charge in [0.05, 0.1) is 0 Å². The molecule has 0 radical (unpaired) electrons. The van der Waals surface area contributed by atoms with E-state index < -0.39 is 17.4 Å². The highest BCUT2D eigenvalue weighted by Gasteiger charge is 2.37. The van der Waals surface area contributed by atoms with Gasteiger partial charge in [-0.25, -0.2) is 9.18 Å². The average molecular weight is 235 g/mol. The molecule has 0 spiro atoms. The number of rotatable bonds is 3. The Morgan fingerprint density at radius 1 is 1.53 bits per heavy atom. The zero-order valence-electron chi connectivity index (χ0n) is 9.43. The molecule has 1 aliphatic rings. The second-order valence-corrected chi connectivity index (χ2v) is 5.81. The van der Waals surface area contributed by atoms with E-state index in [0.717, 1.165) is 0 Å². The molecule has 0 bridgehead atoms. The lowest BCUT2D eigenvalue weighted by atomic mass is 10.1. The third-order valence-corrected chi connectivity index (χ3v) is 3.41. The second-order valence-electron chi connectivity index (χ2n) is 4.82. The maximum Gasteiger partial charge on any atom is 0.407 e. The maximum absolute atomic E-state index is 13.5. The van der Waals surface area contributed by atoms with Crippen LogP contribution in [0, 0.1) is 0 Å². The number of alkyl halides is 1. The summed E-state index contributed by atoms with van der Waals surface area (Å²) in [6.45, 7) is 5.73. The Hall–Kier alpha value is -0.450. The number of thioether (sulfide) groups is 1. The van der Waals surface area contributed by atoms with Gasteiger partial charge in [0.2, 0.25) is 0 Å². The summed E-state index contributed by atoms with van der Waals surface area (Å²) in [6.07, 6.45) is -0.0998. The topological polar surface area (TPSA) is 38.3 Å². The van der Waals surface area contributed by atoms with Crippen molar-refractivity contribution in [3.05, 3.63) is 0 Å². The molecule has 1 rings (SSSR count). The minimum absolute atomic E-state index is 0.339. The van der Waals surface area contributed by atoms with Crippen LogP contribution in [0.25, 0.3) is 0 Å². The molecule has 0 aromatic heterocycles. The van der Waals surface area contributed by atoms with Gasteiger partial charge < -0.3 is 10.1 Å². The fourth-order valence-electron chi connectivity index (χ4n) is 1.17. The van der Waals surface area contributed by atoms with Gasteiger partial charge in [0.1, 0.15) is 11.3 Å². The van der Waals surface area contributed by atoms with Gasteiger partial charge in [-0.05, 0) is 20.8 Å². The van der Waals surface area contributed by atoms with Crippen molar-refractivity contribution in [2.45, 2.75) is 38.5 Å². The van der Waals surface area contributed by atoms with E-state index in [4.69, 9.17) is 4.74 Å². The van der Waals surface area contributed by atoms with Crippen molar-refractivity contribution in [1.82, 2.24) is 5.32 Å². The predicted octanol–water partition coefficient (Wildman–Crippen LogP) is 2.36. The summed E-state index contributed by atoms with van der Waals surface area (Å²) < 4.78 is 18.5. The summed E-state index contributed by atoms with van der Waals surface area (Å²) in [4.78, 5) is 11.2. The van der Waals surface area contributed by atoms with Gasteiger partial charge in [-0.15, -0.1) is 0 Å². The van der Waals surface area contributed by atoms with E-state index in [1.54, 1.807) is 32.5 Å². The number of nitrogens with one attached hydrogen (secondary N) is 1. The normalized spacial score (nSPS) is 19.2. The van der Waals surface area contributed by atoms with Gasteiger partial charge in [-0.2, -0.15) is 11.8 Å². The Morgan fingerprint density at radius 3 is 2.53 bits per heavy atom. The van der Waals surface area contributed by atoms with Crippen molar-refractivity contribution in [3.63, 3.8) is 0 Å². The van der Waals surface area contributed by atoms with Crippen LogP contribution >= 0.6 is 11.8 Å². The van der Waals surface area contributed by atoms with E-state index >= 15 is 0 Å². The molecule has 1 amide bonds. The number of amides is 1. The fraction of sp³-hybridized carbons (Fsp3) is 0.900. The molecule has 5 heteroatoms. The lowest BCUT2D eigenvalue weighted by Gasteiger charge is -2.33. The smallest absolute Gasteiger partial charge is 0.407 e. The first-order valence-electron chi connectivity index (χ1n) is 5.04. The molecule has 1 saturated heterocycles. The van der Waals surface area contributed by atoms with Crippen LogP contribution in [0.3, 0.4) is 0 Å². The predicted molar refractivity (Wildman–Crippen MR) is 60.0 cm³/mol. The number of hydrogen-bond donors (Lipinski definition) is 1. The van der Waals surface area contributed by atoms with Crippen LogP contribution in [0.5, 0.6) is 0 Å². The third kappa shape index (κ3) is 4.73. The molecule has 88 valence electrons. The molecule has 0 aromatic rings. The standard InChI is InChI=1S/C10H18FNO2S/c1-9(2,3)14-8(13)12-5-4-10(11)6-15-7-10/h4-7H2,1-3H3,(H,12,13). The molecular formula is C10H18FNO2S. The van der Waals surface area contributed by atoms with E-state index in [1.165, 1.54) is 0 Å². The van der Waals surface area contributed by atoms with Crippen molar-refractivity contribution >= 4 is 17.9 Å². The van der Waals surface area contributed by atoms with Crippen molar-refractivity contribution in [2.75, 3.05) is 18.1 Å². The van der Waals surface area contributed by atoms with Gasteiger partial charge in [-0.3, -0.25) is 0 Å². The number of carbonyl (C=O) groups excluding carboxylic acids is 1. The van der Waals surface area contributed by atoms with Crippen molar-refractivity contribution in [3.8, 4) is 0 Å². The fourth-order valence-corrected chi connectivity index (χ4v) is 2.11. The van der Waals surface area contributed by atoms with E-state index in [1.807, 2.05) is 0 Å². The largest absolute Gasteiger partial charge is 0.444 e. The number of halogens is 1. The van der Waals surface area contributed by atoms with Crippen molar-refractivity contribution < 1.29 is 13.9 Å². The third-order valence-electron chi connectivity index (χ3n) is 1.96. The molecule has 0 aliphatic carbocycles. The molecule has 0 aromatic carbocycles. The molecule has 1 aliphatic heterocycles. The van der Waals surface area contributed by atoms with Crippen molar-refractivity contribution in [2.24, 2.45) is 0 Å². The van der Waals surface area contributed by atoms with Crippen LogP contribution in [0.4, 0.5) is 9.18 Å². The van der Waals surface area contributed by atoms with Crippen LogP contribution in [0.1, 0.15) is 27.2 Å². The zero-order valence-corrected chi connectivity index (χ0v) is 10.2. The monoisotopic (exact) mass is 235 g/mol. The first-order chi connectivity index (χ1) is 6.81. The van der Waals surface area contributed by atoms with Gasteiger partial charge in [0.15, 0.2) is 0 Å². The molecule has 0 saturated carbocycles. The van der Waals surface area contributed by atoms with Crippen LogP contribution in [-0.4, -0.2) is 35.4 Å². The van der Waals surface area contributed by atoms with Crippen LogP contribution in [0.15, 0.2) is 0 Å². The number of alkyl carbamates (subject to hydrolysis) is 1. The van der Waals surface area contributed by atoms with E-state index in [2.05, 4.69) is 5.32 Å². The van der Waals surface area contributed by atoms with E-state index in [9.17, 15) is 9.18 Å². The van der Waals surface area contributed by atoms with Crippen LogP contribution in [-0.2, 0) is 4.74 Å². The molecule has 3 nitrogen and oxygen atoms in total. The highest BCUT2D eigenvalue weighted by Crippen LogP contribution is 2.35. The highest BCUT2D eigenvalue weighted by atomic mass is 32.2. The first-order valence-corrected chi connectivity index (χ1v) is 6.20. The summed E-state index contributed by atoms with van der Waals surface area (Å²) in [6, 6.07) is 0. The van der Waals surface area contributed by atoms with Crippen molar-refractivity contribution in [1.29, 1.82) is 0 Å². The van der Waals surface area contributed by atoms with E-state index in [0.29, 0.717) is 24.5 Å². The minimum atomic E-state index is -1.07.